The zero-order valence-electron chi connectivity index (χ0n) is 9.01. The number of aryl methyl sites for hydroxylation is 1. The van der Waals surface area contributed by atoms with Crippen LogP contribution in [0.5, 0.6) is 0 Å². The van der Waals surface area contributed by atoms with Crippen LogP contribution in [-0.2, 0) is 4.74 Å². The van der Waals surface area contributed by atoms with Crippen molar-refractivity contribution in [2.75, 3.05) is 6.61 Å². The van der Waals surface area contributed by atoms with Gasteiger partial charge in [0.05, 0.1) is 6.61 Å². The lowest BCUT2D eigenvalue weighted by molar-refractivity contribution is -0.0346. The van der Waals surface area contributed by atoms with Crippen LogP contribution < -0.4 is 11.2 Å². The van der Waals surface area contributed by atoms with Crippen LogP contribution in [0.2, 0.25) is 0 Å². The van der Waals surface area contributed by atoms with Crippen molar-refractivity contribution in [1.82, 2.24) is 9.55 Å². The van der Waals surface area contributed by atoms with E-state index in [1.54, 1.807) is 0 Å². The van der Waals surface area contributed by atoms with Gasteiger partial charge in [0.2, 0.25) is 0 Å². The molecule has 0 spiro atoms. The summed E-state index contributed by atoms with van der Waals surface area (Å²) >= 11 is 0. The summed E-state index contributed by atoms with van der Waals surface area (Å²) in [6, 6.07) is 0. The number of H-pyrrole nitrogens is 1. The number of aliphatic hydroxyl groups excluding tert-OH is 1. The van der Waals surface area contributed by atoms with Crippen LogP contribution in [0.4, 0.5) is 4.39 Å². The van der Waals surface area contributed by atoms with Gasteiger partial charge in [0.15, 0.2) is 6.23 Å². The number of aliphatic hydroxyl groups is 1. The van der Waals surface area contributed by atoms with Gasteiger partial charge in [-0.3, -0.25) is 14.3 Å². The van der Waals surface area contributed by atoms with Crippen LogP contribution in [-0.4, -0.2) is 27.4 Å². The molecular weight excluding hydrogens is 231 g/mol. The van der Waals surface area contributed by atoms with E-state index in [0.717, 1.165) is 10.6 Å². The maximum atomic E-state index is 13.2. The number of hydrogen-bond donors (Lipinski definition) is 2. The highest BCUT2D eigenvalue weighted by atomic mass is 19.1. The third kappa shape index (κ3) is 2.20. The summed E-state index contributed by atoms with van der Waals surface area (Å²) in [6.07, 6.45) is 0.0212. The molecule has 0 bridgehead atoms. The molecule has 0 unspecified atom stereocenters. The topological polar surface area (TPSA) is 84.3 Å². The van der Waals surface area contributed by atoms with Gasteiger partial charge >= 0.3 is 5.69 Å². The smallest absolute Gasteiger partial charge is 0.330 e. The van der Waals surface area contributed by atoms with Crippen LogP contribution in [0.3, 0.4) is 0 Å². The van der Waals surface area contributed by atoms with Crippen molar-refractivity contribution in [1.29, 1.82) is 0 Å². The fraction of sp³-hybridized carbons (Fsp3) is 0.400. The zero-order chi connectivity index (χ0) is 12.6. The summed E-state index contributed by atoms with van der Waals surface area (Å²) in [7, 11) is 0. The third-order valence-corrected chi connectivity index (χ3v) is 2.47. The summed E-state index contributed by atoms with van der Waals surface area (Å²) in [5, 5.41) is 9.10. The normalized spacial score (nSPS) is 24.5. The molecule has 17 heavy (non-hydrogen) atoms. The van der Waals surface area contributed by atoms with Gasteiger partial charge in [0, 0.05) is 11.8 Å². The van der Waals surface area contributed by atoms with Crippen molar-refractivity contribution in [2.45, 2.75) is 19.3 Å². The summed E-state index contributed by atoms with van der Waals surface area (Å²) in [4.78, 5) is 24.7. The van der Waals surface area contributed by atoms with E-state index in [9.17, 15) is 14.0 Å². The molecule has 0 saturated carbocycles. The average molecular weight is 242 g/mol. The zero-order valence-corrected chi connectivity index (χ0v) is 9.01. The first-order chi connectivity index (χ1) is 7.99. The van der Waals surface area contributed by atoms with Crippen molar-refractivity contribution < 1.29 is 14.2 Å². The van der Waals surface area contributed by atoms with E-state index in [1.807, 2.05) is 0 Å². The molecule has 0 amide bonds. The van der Waals surface area contributed by atoms with Crippen molar-refractivity contribution >= 4 is 0 Å². The highest BCUT2D eigenvalue weighted by Gasteiger charge is 2.23. The predicted molar refractivity (Wildman–Crippen MR) is 56.2 cm³/mol. The summed E-state index contributed by atoms with van der Waals surface area (Å²) < 4.78 is 19.3. The first-order valence-electron chi connectivity index (χ1n) is 4.98. The number of nitrogens with zero attached hydrogens (tertiary/aromatic N) is 1. The third-order valence-electron chi connectivity index (χ3n) is 2.47. The van der Waals surface area contributed by atoms with Crippen LogP contribution >= 0.6 is 0 Å². The maximum absolute atomic E-state index is 13.2. The number of halogens is 1. The van der Waals surface area contributed by atoms with Gasteiger partial charge in [-0.25, -0.2) is 9.18 Å². The molecule has 92 valence electrons. The molecule has 1 aromatic heterocycles. The Kier molecular flexibility index (Phi) is 2.95. The Morgan fingerprint density at radius 1 is 1.59 bits per heavy atom. The largest absolute Gasteiger partial charge is 0.384 e. The molecule has 2 N–H and O–H groups in total. The van der Waals surface area contributed by atoms with Gasteiger partial charge < -0.3 is 9.84 Å². The standard InChI is InChI=1S/C10H11FN2O4/c1-5-3-13(10(16)12-9(5)15)8-2-6(11)7(14)4-17-8/h2-3,7-8,14H,4H2,1H3,(H,12,15,16)/t7-,8+/m0/s1. The average Bonchev–Trinajstić information content (AvgIpc) is 2.27. The van der Waals surface area contributed by atoms with E-state index in [-0.39, 0.29) is 6.61 Å². The Hall–Kier alpha value is -1.73. The Labute approximate surface area is 95.0 Å². The molecule has 2 atom stereocenters. The van der Waals surface area contributed by atoms with Gasteiger partial charge in [0.1, 0.15) is 11.9 Å². The Morgan fingerprint density at radius 2 is 2.29 bits per heavy atom. The Balaban J connectivity index is 2.46. The SMILES string of the molecule is Cc1cn([C@H]2C=C(F)[C@@H](O)CO2)c(=O)[nH]c1=O. The second-order valence-electron chi connectivity index (χ2n) is 3.77. The number of ether oxygens (including phenoxy) is 1. The summed E-state index contributed by atoms with van der Waals surface area (Å²) in [6.45, 7) is 1.28. The number of rotatable bonds is 1. The van der Waals surface area contributed by atoms with Crippen molar-refractivity contribution in [3.05, 3.63) is 44.5 Å². The van der Waals surface area contributed by atoms with Gasteiger partial charge in [-0.1, -0.05) is 0 Å². The quantitative estimate of drug-likeness (QED) is 0.701. The molecule has 1 aliphatic rings. The van der Waals surface area contributed by atoms with E-state index < -0.39 is 29.4 Å². The second kappa shape index (κ2) is 4.27. The fourth-order valence-electron chi connectivity index (χ4n) is 1.50. The molecule has 1 aromatic rings. The van der Waals surface area contributed by atoms with E-state index >= 15 is 0 Å². The number of nitrogens with one attached hydrogen (secondary N) is 1. The lowest BCUT2D eigenvalue weighted by Crippen LogP contribution is -2.36. The molecule has 0 aliphatic carbocycles. The van der Waals surface area contributed by atoms with Gasteiger partial charge in [-0.2, -0.15) is 0 Å². The first kappa shape index (κ1) is 11.7. The van der Waals surface area contributed by atoms with E-state index in [0.29, 0.717) is 5.56 Å². The molecule has 2 heterocycles. The second-order valence-corrected chi connectivity index (χ2v) is 3.77. The summed E-state index contributed by atoms with van der Waals surface area (Å²) in [5.41, 5.74) is -0.870. The molecule has 0 fully saturated rings. The van der Waals surface area contributed by atoms with Gasteiger partial charge in [-0.15, -0.1) is 0 Å². The minimum atomic E-state index is -1.30. The predicted octanol–water partition coefficient (Wildman–Crippen LogP) is -0.412. The molecule has 0 radical (unpaired) electrons. The molecule has 6 nitrogen and oxygen atoms in total. The highest BCUT2D eigenvalue weighted by Crippen LogP contribution is 2.20. The van der Waals surface area contributed by atoms with Crippen LogP contribution in [0.15, 0.2) is 27.7 Å². The molecule has 0 saturated heterocycles. The van der Waals surface area contributed by atoms with E-state index in [1.165, 1.54) is 13.1 Å². The molecular formula is C10H11FN2O4. The van der Waals surface area contributed by atoms with Crippen LogP contribution in [0.25, 0.3) is 0 Å². The van der Waals surface area contributed by atoms with Crippen LogP contribution in [0.1, 0.15) is 11.8 Å². The minimum Gasteiger partial charge on any atom is -0.384 e. The first-order valence-corrected chi connectivity index (χ1v) is 4.98. The molecule has 1 aliphatic heterocycles. The maximum Gasteiger partial charge on any atom is 0.330 e. The lowest BCUT2D eigenvalue weighted by atomic mass is 10.2. The number of hydrogen-bond acceptors (Lipinski definition) is 4. The molecule has 2 rings (SSSR count). The van der Waals surface area contributed by atoms with Gasteiger partial charge in [-0.05, 0) is 13.0 Å². The Morgan fingerprint density at radius 3 is 2.94 bits per heavy atom. The minimum absolute atomic E-state index is 0.238. The van der Waals surface area contributed by atoms with Crippen LogP contribution in [0, 0.1) is 6.92 Å². The molecule has 7 heteroatoms. The van der Waals surface area contributed by atoms with Crippen molar-refractivity contribution in [2.24, 2.45) is 0 Å². The highest BCUT2D eigenvalue weighted by molar-refractivity contribution is 5.08. The Bertz CT molecular complexity index is 574. The van der Waals surface area contributed by atoms with E-state index in [2.05, 4.69) is 4.98 Å². The monoisotopic (exact) mass is 242 g/mol. The van der Waals surface area contributed by atoms with Crippen molar-refractivity contribution in [3.63, 3.8) is 0 Å². The van der Waals surface area contributed by atoms with Crippen molar-refractivity contribution in [3.8, 4) is 0 Å². The summed E-state index contributed by atoms with van der Waals surface area (Å²) in [5.74, 6) is -0.753. The molecule has 0 aromatic carbocycles. The van der Waals surface area contributed by atoms with E-state index in [4.69, 9.17) is 9.84 Å². The fourth-order valence-corrected chi connectivity index (χ4v) is 1.50. The number of aromatic nitrogens is 2. The van der Waals surface area contributed by atoms with Gasteiger partial charge in [0.25, 0.3) is 5.56 Å². The lowest BCUT2D eigenvalue weighted by Gasteiger charge is -2.23. The number of aromatic amines is 1.